The summed E-state index contributed by atoms with van der Waals surface area (Å²) in [5.41, 5.74) is 1.78. The van der Waals surface area contributed by atoms with Gasteiger partial charge >= 0.3 is 0 Å². The summed E-state index contributed by atoms with van der Waals surface area (Å²) in [6.45, 7) is 8.04. The van der Waals surface area contributed by atoms with Gasteiger partial charge in [0.05, 0.1) is 11.4 Å². The van der Waals surface area contributed by atoms with Gasteiger partial charge in [0.15, 0.2) is 0 Å². The Bertz CT molecular complexity index is 328. The summed E-state index contributed by atoms with van der Waals surface area (Å²) in [4.78, 5) is 8.60. The lowest BCUT2D eigenvalue weighted by molar-refractivity contribution is 0.226. The highest BCUT2D eigenvalue weighted by Crippen LogP contribution is 2.13. The molecule has 4 nitrogen and oxygen atoms in total. The number of aliphatic hydroxyl groups excluding tert-OH is 1. The fraction of sp³-hybridized carbons (Fsp3) is 0.636. The molecule has 1 aromatic rings. The highest BCUT2D eigenvalue weighted by atomic mass is 16.3. The molecule has 4 heteroatoms. The Balaban J connectivity index is 2.75. The Morgan fingerprint density at radius 3 is 2.67 bits per heavy atom. The highest BCUT2D eigenvalue weighted by molar-refractivity contribution is 5.40. The normalized spacial score (nSPS) is 14.7. The number of anilines is 1. The average molecular weight is 209 g/mol. The molecule has 1 rings (SSSR count). The van der Waals surface area contributed by atoms with Crippen LogP contribution in [0.5, 0.6) is 0 Å². The lowest BCUT2D eigenvalue weighted by Crippen LogP contribution is -2.27. The molecule has 1 heterocycles. The lowest BCUT2D eigenvalue weighted by Gasteiger charge is -2.20. The molecule has 1 aromatic heterocycles. The van der Waals surface area contributed by atoms with Crippen LogP contribution in [0.3, 0.4) is 0 Å². The molecule has 0 saturated heterocycles. The standard InChI is InChI=1S/C11H19N3O/c1-7(6-15)9(3)14-11-10(4)12-5-8(2)13-11/h5,7,9,15H,6H2,1-4H3,(H,13,14). The van der Waals surface area contributed by atoms with Gasteiger partial charge in [-0.3, -0.25) is 4.98 Å². The van der Waals surface area contributed by atoms with Crippen LogP contribution < -0.4 is 5.32 Å². The predicted molar refractivity (Wildman–Crippen MR) is 60.8 cm³/mol. The number of nitrogens with zero attached hydrogens (tertiary/aromatic N) is 2. The van der Waals surface area contributed by atoms with E-state index < -0.39 is 0 Å². The van der Waals surface area contributed by atoms with Crippen LogP contribution in [0.4, 0.5) is 5.82 Å². The van der Waals surface area contributed by atoms with E-state index in [9.17, 15) is 0 Å². The first-order valence-electron chi connectivity index (χ1n) is 5.22. The molecule has 0 amide bonds. The van der Waals surface area contributed by atoms with Crippen molar-refractivity contribution in [1.29, 1.82) is 0 Å². The van der Waals surface area contributed by atoms with E-state index in [-0.39, 0.29) is 18.6 Å². The molecule has 0 aliphatic rings. The second-order valence-corrected chi connectivity index (χ2v) is 4.04. The highest BCUT2D eigenvalue weighted by Gasteiger charge is 2.12. The van der Waals surface area contributed by atoms with Crippen LogP contribution in [-0.2, 0) is 0 Å². The van der Waals surface area contributed by atoms with Crippen molar-refractivity contribution in [2.45, 2.75) is 33.7 Å². The molecular formula is C11H19N3O. The van der Waals surface area contributed by atoms with Gasteiger partial charge in [-0.1, -0.05) is 6.92 Å². The number of rotatable bonds is 4. The van der Waals surface area contributed by atoms with Gasteiger partial charge in [0.2, 0.25) is 0 Å². The van der Waals surface area contributed by atoms with Gasteiger partial charge in [-0.05, 0) is 26.7 Å². The molecular weight excluding hydrogens is 190 g/mol. The zero-order valence-corrected chi connectivity index (χ0v) is 9.78. The van der Waals surface area contributed by atoms with E-state index in [4.69, 9.17) is 5.11 Å². The van der Waals surface area contributed by atoms with Crippen molar-refractivity contribution in [3.05, 3.63) is 17.6 Å². The quantitative estimate of drug-likeness (QED) is 0.789. The zero-order valence-electron chi connectivity index (χ0n) is 9.78. The molecule has 84 valence electrons. The van der Waals surface area contributed by atoms with Crippen LogP contribution in [0, 0.1) is 19.8 Å². The van der Waals surface area contributed by atoms with Crippen molar-refractivity contribution in [3.63, 3.8) is 0 Å². The van der Waals surface area contributed by atoms with E-state index in [0.717, 1.165) is 17.2 Å². The number of hydrogen-bond acceptors (Lipinski definition) is 4. The van der Waals surface area contributed by atoms with E-state index in [1.165, 1.54) is 0 Å². The van der Waals surface area contributed by atoms with Crippen molar-refractivity contribution >= 4 is 5.82 Å². The maximum absolute atomic E-state index is 9.03. The summed E-state index contributed by atoms with van der Waals surface area (Å²) in [5, 5.41) is 12.3. The van der Waals surface area contributed by atoms with Gasteiger partial charge < -0.3 is 10.4 Å². The first-order valence-corrected chi connectivity index (χ1v) is 5.22. The molecule has 15 heavy (non-hydrogen) atoms. The third-order valence-electron chi connectivity index (χ3n) is 2.58. The molecule has 2 atom stereocenters. The molecule has 0 bridgehead atoms. The maximum Gasteiger partial charge on any atom is 0.147 e. The van der Waals surface area contributed by atoms with E-state index in [1.807, 2.05) is 27.7 Å². The fourth-order valence-corrected chi connectivity index (χ4v) is 1.19. The minimum absolute atomic E-state index is 0.173. The first kappa shape index (κ1) is 11.9. The molecule has 2 N–H and O–H groups in total. The summed E-state index contributed by atoms with van der Waals surface area (Å²) < 4.78 is 0. The second kappa shape index (κ2) is 5.07. The number of aliphatic hydroxyl groups is 1. The fourth-order valence-electron chi connectivity index (χ4n) is 1.19. The summed E-state index contributed by atoms with van der Waals surface area (Å²) in [6.07, 6.45) is 1.75. The maximum atomic E-state index is 9.03. The van der Waals surface area contributed by atoms with E-state index in [0.29, 0.717) is 0 Å². The van der Waals surface area contributed by atoms with E-state index in [1.54, 1.807) is 6.20 Å². The molecule has 0 aliphatic heterocycles. The SMILES string of the molecule is Cc1cnc(C)c(NC(C)C(C)CO)n1. The molecule has 0 saturated carbocycles. The van der Waals surface area contributed by atoms with Crippen LogP contribution in [0.15, 0.2) is 6.20 Å². The van der Waals surface area contributed by atoms with Crippen molar-refractivity contribution in [3.8, 4) is 0 Å². The van der Waals surface area contributed by atoms with Gasteiger partial charge in [-0.25, -0.2) is 4.98 Å². The molecule has 0 aromatic carbocycles. The smallest absolute Gasteiger partial charge is 0.147 e. The average Bonchev–Trinajstić information content (AvgIpc) is 2.22. The lowest BCUT2D eigenvalue weighted by atomic mass is 10.1. The van der Waals surface area contributed by atoms with Gasteiger partial charge in [0, 0.05) is 18.8 Å². The summed E-state index contributed by atoms with van der Waals surface area (Å²) in [5.74, 6) is 1.01. The van der Waals surface area contributed by atoms with Crippen LogP contribution in [0.25, 0.3) is 0 Å². The zero-order chi connectivity index (χ0) is 11.4. The van der Waals surface area contributed by atoms with Crippen LogP contribution in [-0.4, -0.2) is 27.7 Å². The molecule has 2 unspecified atom stereocenters. The van der Waals surface area contributed by atoms with Gasteiger partial charge in [0.25, 0.3) is 0 Å². The predicted octanol–water partition coefficient (Wildman–Crippen LogP) is 1.52. The largest absolute Gasteiger partial charge is 0.396 e. The third kappa shape index (κ3) is 3.16. The second-order valence-electron chi connectivity index (χ2n) is 4.04. The Morgan fingerprint density at radius 2 is 2.07 bits per heavy atom. The van der Waals surface area contributed by atoms with E-state index in [2.05, 4.69) is 15.3 Å². The van der Waals surface area contributed by atoms with Crippen molar-refractivity contribution in [1.82, 2.24) is 9.97 Å². The molecule has 0 spiro atoms. The van der Waals surface area contributed by atoms with Gasteiger partial charge in [-0.15, -0.1) is 0 Å². The monoisotopic (exact) mass is 209 g/mol. The molecule has 0 aliphatic carbocycles. The Morgan fingerprint density at radius 1 is 1.40 bits per heavy atom. The van der Waals surface area contributed by atoms with Crippen LogP contribution >= 0.6 is 0 Å². The van der Waals surface area contributed by atoms with E-state index >= 15 is 0 Å². The Kier molecular flexibility index (Phi) is 4.03. The number of hydrogen-bond donors (Lipinski definition) is 2. The van der Waals surface area contributed by atoms with Crippen molar-refractivity contribution in [2.75, 3.05) is 11.9 Å². The van der Waals surface area contributed by atoms with Crippen molar-refractivity contribution in [2.24, 2.45) is 5.92 Å². The van der Waals surface area contributed by atoms with Gasteiger partial charge in [0.1, 0.15) is 5.82 Å². The first-order chi connectivity index (χ1) is 7.04. The number of aryl methyl sites for hydroxylation is 2. The van der Waals surface area contributed by atoms with Crippen LogP contribution in [0.2, 0.25) is 0 Å². The van der Waals surface area contributed by atoms with Crippen LogP contribution in [0.1, 0.15) is 25.2 Å². The number of aromatic nitrogens is 2. The molecule has 0 radical (unpaired) electrons. The Hall–Kier alpha value is -1.16. The summed E-state index contributed by atoms with van der Waals surface area (Å²) in [6, 6.07) is 0.185. The summed E-state index contributed by atoms with van der Waals surface area (Å²) in [7, 11) is 0. The summed E-state index contributed by atoms with van der Waals surface area (Å²) >= 11 is 0. The van der Waals surface area contributed by atoms with Crippen molar-refractivity contribution < 1.29 is 5.11 Å². The Labute approximate surface area is 90.8 Å². The topological polar surface area (TPSA) is 58.0 Å². The van der Waals surface area contributed by atoms with Gasteiger partial charge in [-0.2, -0.15) is 0 Å². The molecule has 0 fully saturated rings. The third-order valence-corrected chi connectivity index (χ3v) is 2.58. The number of nitrogens with one attached hydrogen (secondary N) is 1. The minimum Gasteiger partial charge on any atom is -0.396 e. The minimum atomic E-state index is 0.173.